The molecule has 0 aromatic carbocycles. The Morgan fingerprint density at radius 1 is 1.07 bits per heavy atom. The lowest BCUT2D eigenvalue weighted by Crippen LogP contribution is -2.04. The van der Waals surface area contributed by atoms with E-state index in [0.29, 0.717) is 16.4 Å². The molecule has 2 aromatic rings. The number of aliphatic hydroxyl groups excluding tert-OH is 1. The second-order valence-electron chi connectivity index (χ2n) is 2.93. The molecule has 1 unspecified atom stereocenters. The van der Waals surface area contributed by atoms with Gasteiger partial charge >= 0.3 is 0 Å². The van der Waals surface area contributed by atoms with E-state index in [1.54, 1.807) is 18.3 Å². The van der Waals surface area contributed by atoms with Crippen LogP contribution >= 0.6 is 11.6 Å². The van der Waals surface area contributed by atoms with Gasteiger partial charge in [0.2, 0.25) is 0 Å². The smallest absolute Gasteiger partial charge is 0.139 e. The Hall–Kier alpha value is -1.52. The zero-order chi connectivity index (χ0) is 10.7. The fourth-order valence-corrected chi connectivity index (χ4v) is 1.26. The molecule has 4 nitrogen and oxygen atoms in total. The Morgan fingerprint density at radius 2 is 1.93 bits per heavy atom. The molecule has 0 saturated heterocycles. The number of nitrogens with zero attached hydrogens (tertiary/aromatic N) is 3. The van der Waals surface area contributed by atoms with Gasteiger partial charge in [0, 0.05) is 18.6 Å². The summed E-state index contributed by atoms with van der Waals surface area (Å²) in [5, 5.41) is 10.4. The Bertz CT molecular complexity index is 432. The maximum Gasteiger partial charge on any atom is 0.139 e. The van der Waals surface area contributed by atoms with Gasteiger partial charge in [0.05, 0.1) is 22.6 Å². The zero-order valence-corrected chi connectivity index (χ0v) is 8.46. The lowest BCUT2D eigenvalue weighted by Gasteiger charge is -2.08. The number of pyridine rings is 1. The first-order valence-corrected chi connectivity index (χ1v) is 4.70. The van der Waals surface area contributed by atoms with Crippen LogP contribution in [0.2, 0.25) is 5.02 Å². The van der Waals surface area contributed by atoms with E-state index in [1.165, 1.54) is 18.6 Å². The predicted molar refractivity (Wildman–Crippen MR) is 55.3 cm³/mol. The normalized spacial score (nSPS) is 12.4. The van der Waals surface area contributed by atoms with Gasteiger partial charge in [0.1, 0.15) is 6.10 Å². The number of hydrogen-bond acceptors (Lipinski definition) is 4. The summed E-state index contributed by atoms with van der Waals surface area (Å²) >= 11 is 5.69. The monoisotopic (exact) mass is 221 g/mol. The first kappa shape index (κ1) is 10.0. The van der Waals surface area contributed by atoms with Crippen LogP contribution in [-0.4, -0.2) is 20.1 Å². The number of rotatable bonds is 2. The van der Waals surface area contributed by atoms with Crippen LogP contribution in [-0.2, 0) is 0 Å². The molecule has 5 heteroatoms. The van der Waals surface area contributed by atoms with E-state index in [0.717, 1.165) is 0 Å². The second-order valence-corrected chi connectivity index (χ2v) is 3.37. The highest BCUT2D eigenvalue weighted by molar-refractivity contribution is 6.30. The van der Waals surface area contributed by atoms with Crippen LogP contribution in [0.15, 0.2) is 36.9 Å². The number of halogens is 1. The van der Waals surface area contributed by atoms with Crippen molar-refractivity contribution in [3.8, 4) is 0 Å². The summed E-state index contributed by atoms with van der Waals surface area (Å²) in [4.78, 5) is 11.9. The molecule has 0 bridgehead atoms. The number of hydrogen-bond donors (Lipinski definition) is 1. The summed E-state index contributed by atoms with van der Waals surface area (Å²) in [6, 6.07) is 3.32. The van der Waals surface area contributed by atoms with Crippen molar-refractivity contribution in [2.24, 2.45) is 0 Å². The highest BCUT2D eigenvalue weighted by Crippen LogP contribution is 2.18. The molecule has 2 aromatic heterocycles. The van der Waals surface area contributed by atoms with Crippen molar-refractivity contribution >= 4 is 11.6 Å². The highest BCUT2D eigenvalue weighted by Gasteiger charge is 2.12. The van der Waals surface area contributed by atoms with Crippen molar-refractivity contribution in [1.82, 2.24) is 15.0 Å². The topological polar surface area (TPSA) is 58.9 Å². The largest absolute Gasteiger partial charge is 0.380 e. The third-order valence-electron chi connectivity index (χ3n) is 1.89. The Morgan fingerprint density at radius 3 is 2.53 bits per heavy atom. The standard InChI is InChI=1S/C10H8ClN3O/c11-7-1-2-8(14-5-7)10(15)9-6-12-3-4-13-9/h1-6,10,15H. The van der Waals surface area contributed by atoms with Gasteiger partial charge in [-0.25, -0.2) is 0 Å². The van der Waals surface area contributed by atoms with Crippen molar-refractivity contribution in [1.29, 1.82) is 0 Å². The van der Waals surface area contributed by atoms with Gasteiger partial charge in [0.15, 0.2) is 0 Å². The number of aromatic nitrogens is 3. The summed E-state index contributed by atoms with van der Waals surface area (Å²) in [5.74, 6) is 0. The van der Waals surface area contributed by atoms with Gasteiger partial charge < -0.3 is 5.11 Å². The molecule has 1 N–H and O–H groups in total. The average Bonchev–Trinajstić information content (AvgIpc) is 2.30. The molecular weight excluding hydrogens is 214 g/mol. The second kappa shape index (κ2) is 4.33. The SMILES string of the molecule is OC(c1ccc(Cl)cn1)c1cnccn1. The molecule has 76 valence electrons. The minimum Gasteiger partial charge on any atom is -0.380 e. The van der Waals surface area contributed by atoms with E-state index in [4.69, 9.17) is 11.6 Å². The molecule has 0 aliphatic carbocycles. The lowest BCUT2D eigenvalue weighted by atomic mass is 10.2. The third-order valence-corrected chi connectivity index (χ3v) is 2.12. The minimum atomic E-state index is -0.865. The van der Waals surface area contributed by atoms with Crippen molar-refractivity contribution in [3.05, 3.63) is 53.3 Å². The van der Waals surface area contributed by atoms with Crippen molar-refractivity contribution in [2.45, 2.75) is 6.10 Å². The Balaban J connectivity index is 2.29. The van der Waals surface area contributed by atoms with Gasteiger partial charge in [-0.05, 0) is 12.1 Å². The van der Waals surface area contributed by atoms with Crippen molar-refractivity contribution < 1.29 is 5.11 Å². The molecular formula is C10H8ClN3O. The molecule has 0 saturated carbocycles. The highest BCUT2D eigenvalue weighted by atomic mass is 35.5. The third kappa shape index (κ3) is 2.29. The summed E-state index contributed by atoms with van der Waals surface area (Å²) in [6.07, 6.45) is 5.19. The fourth-order valence-electron chi connectivity index (χ4n) is 1.15. The van der Waals surface area contributed by atoms with Crippen LogP contribution in [0.4, 0.5) is 0 Å². The predicted octanol–water partition coefficient (Wildman–Crippen LogP) is 1.61. The first-order valence-electron chi connectivity index (χ1n) is 4.33. The van der Waals surface area contributed by atoms with Crippen LogP contribution in [0.5, 0.6) is 0 Å². The first-order chi connectivity index (χ1) is 7.27. The average molecular weight is 222 g/mol. The van der Waals surface area contributed by atoms with Gasteiger partial charge in [-0.3, -0.25) is 15.0 Å². The molecule has 2 heterocycles. The lowest BCUT2D eigenvalue weighted by molar-refractivity contribution is 0.210. The Labute approximate surface area is 91.6 Å². The van der Waals surface area contributed by atoms with Crippen LogP contribution in [0.25, 0.3) is 0 Å². The fraction of sp³-hybridized carbons (Fsp3) is 0.100. The zero-order valence-electron chi connectivity index (χ0n) is 7.71. The molecule has 2 rings (SSSR count). The van der Waals surface area contributed by atoms with Gasteiger partial charge in [-0.15, -0.1) is 0 Å². The number of aliphatic hydroxyl groups is 1. The van der Waals surface area contributed by atoms with Crippen LogP contribution in [0.3, 0.4) is 0 Å². The van der Waals surface area contributed by atoms with E-state index >= 15 is 0 Å². The maximum atomic E-state index is 9.87. The van der Waals surface area contributed by atoms with E-state index in [2.05, 4.69) is 15.0 Å². The molecule has 0 amide bonds. The summed E-state index contributed by atoms with van der Waals surface area (Å²) in [5.41, 5.74) is 0.965. The quantitative estimate of drug-likeness (QED) is 0.837. The van der Waals surface area contributed by atoms with Crippen LogP contribution < -0.4 is 0 Å². The van der Waals surface area contributed by atoms with Crippen LogP contribution in [0, 0.1) is 0 Å². The molecule has 15 heavy (non-hydrogen) atoms. The summed E-state index contributed by atoms with van der Waals surface area (Å²) in [6.45, 7) is 0. The summed E-state index contributed by atoms with van der Waals surface area (Å²) < 4.78 is 0. The van der Waals surface area contributed by atoms with E-state index < -0.39 is 6.10 Å². The molecule has 0 spiro atoms. The molecule has 0 radical (unpaired) electrons. The van der Waals surface area contributed by atoms with Gasteiger partial charge in [-0.2, -0.15) is 0 Å². The minimum absolute atomic E-state index is 0.465. The van der Waals surface area contributed by atoms with Gasteiger partial charge in [0.25, 0.3) is 0 Å². The van der Waals surface area contributed by atoms with Crippen LogP contribution in [0.1, 0.15) is 17.5 Å². The van der Waals surface area contributed by atoms with E-state index in [9.17, 15) is 5.11 Å². The molecule has 1 atom stereocenters. The molecule has 0 fully saturated rings. The van der Waals surface area contributed by atoms with Gasteiger partial charge in [-0.1, -0.05) is 11.6 Å². The van der Waals surface area contributed by atoms with E-state index in [-0.39, 0.29) is 0 Å². The molecule has 0 aliphatic rings. The summed E-state index contributed by atoms with van der Waals surface area (Å²) in [7, 11) is 0. The van der Waals surface area contributed by atoms with E-state index in [1.807, 2.05) is 0 Å². The van der Waals surface area contributed by atoms with Crippen molar-refractivity contribution in [3.63, 3.8) is 0 Å². The molecule has 0 aliphatic heterocycles. The maximum absolute atomic E-state index is 9.87. The Kier molecular flexibility index (Phi) is 2.89. The van der Waals surface area contributed by atoms with Crippen molar-refractivity contribution in [2.75, 3.05) is 0 Å².